The topological polar surface area (TPSA) is 35.0 Å². The third kappa shape index (κ3) is 2.87. The normalized spacial score (nSPS) is 11.3. The van der Waals surface area contributed by atoms with Crippen molar-refractivity contribution in [1.29, 1.82) is 0 Å². The van der Waals surface area contributed by atoms with Gasteiger partial charge in [-0.05, 0) is 43.3 Å². The molecule has 0 aliphatic carbocycles. The fourth-order valence-electron chi connectivity index (χ4n) is 1.24. The highest BCUT2D eigenvalue weighted by atomic mass is 19.1. The lowest BCUT2D eigenvalue weighted by Crippen LogP contribution is -1.90. The molecule has 0 fully saturated rings. The van der Waals surface area contributed by atoms with Crippen LogP contribution in [0.2, 0.25) is 0 Å². The van der Waals surface area contributed by atoms with Gasteiger partial charge in [0.1, 0.15) is 11.6 Å². The molecule has 1 aromatic heterocycles. The second-order valence-electron chi connectivity index (χ2n) is 3.21. The van der Waals surface area contributed by atoms with Crippen molar-refractivity contribution in [2.45, 2.75) is 0 Å². The summed E-state index contributed by atoms with van der Waals surface area (Å²) in [7, 11) is 0. The number of ether oxygens (including phenoxy) is 1. The molecular weight excluding hydrogens is 219 g/mol. The molecule has 85 valence electrons. The zero-order valence-corrected chi connectivity index (χ0v) is 9.01. The van der Waals surface area contributed by atoms with E-state index in [1.54, 1.807) is 42.7 Å². The molecule has 0 aliphatic rings. The van der Waals surface area contributed by atoms with Gasteiger partial charge in [0, 0.05) is 18.0 Å². The van der Waals surface area contributed by atoms with E-state index in [4.69, 9.17) is 4.74 Å². The second kappa shape index (κ2) is 5.21. The molecular formula is C13H10FN2O. The molecule has 1 radical (unpaired) electrons. The predicted molar refractivity (Wildman–Crippen MR) is 63.0 cm³/mol. The highest BCUT2D eigenvalue weighted by molar-refractivity contribution is 5.60. The number of nitrogens with zero attached hydrogens (tertiary/aromatic N) is 2. The Labute approximate surface area is 98.6 Å². The van der Waals surface area contributed by atoms with Crippen molar-refractivity contribution < 1.29 is 9.13 Å². The van der Waals surface area contributed by atoms with E-state index in [-0.39, 0.29) is 11.8 Å². The third-order valence-electron chi connectivity index (χ3n) is 2.06. The molecule has 0 spiro atoms. The fraction of sp³-hybridized carbons (Fsp3) is 0. The Morgan fingerprint density at radius 2 is 1.82 bits per heavy atom. The van der Waals surface area contributed by atoms with E-state index < -0.39 is 0 Å². The lowest BCUT2D eigenvalue weighted by molar-refractivity contribution is 0.441. The number of benzene rings is 1. The van der Waals surface area contributed by atoms with Gasteiger partial charge in [-0.2, -0.15) is 0 Å². The summed E-state index contributed by atoms with van der Waals surface area (Å²) >= 11 is 0. The van der Waals surface area contributed by atoms with Gasteiger partial charge in [-0.25, -0.2) is 14.4 Å². The average molecular weight is 229 g/mol. The van der Waals surface area contributed by atoms with E-state index in [2.05, 4.69) is 16.9 Å². The lowest BCUT2D eigenvalue weighted by atomic mass is 10.2. The van der Waals surface area contributed by atoms with Crippen LogP contribution in [0.4, 0.5) is 4.39 Å². The van der Waals surface area contributed by atoms with Crippen molar-refractivity contribution in [2.75, 3.05) is 0 Å². The number of hydrogen-bond acceptors (Lipinski definition) is 3. The molecule has 0 unspecified atom stereocenters. The van der Waals surface area contributed by atoms with Gasteiger partial charge in [-0.3, -0.25) is 0 Å². The minimum Gasteiger partial charge on any atom is -0.424 e. The van der Waals surface area contributed by atoms with Gasteiger partial charge < -0.3 is 4.74 Å². The first-order valence-corrected chi connectivity index (χ1v) is 5.00. The molecule has 0 saturated heterocycles. The third-order valence-corrected chi connectivity index (χ3v) is 2.06. The first-order chi connectivity index (χ1) is 8.29. The highest BCUT2D eigenvalue weighted by Gasteiger charge is 2.01. The second-order valence-corrected chi connectivity index (χ2v) is 3.21. The Kier molecular flexibility index (Phi) is 3.45. The van der Waals surface area contributed by atoms with Crippen molar-refractivity contribution in [3.8, 4) is 11.8 Å². The molecule has 0 saturated carbocycles. The number of hydrogen-bond donors (Lipinski definition) is 0. The zero-order valence-electron chi connectivity index (χ0n) is 9.01. The molecule has 0 aliphatic heterocycles. The molecule has 0 bridgehead atoms. The molecule has 1 heterocycles. The van der Waals surface area contributed by atoms with Gasteiger partial charge in [0.2, 0.25) is 0 Å². The van der Waals surface area contributed by atoms with Gasteiger partial charge in [0.15, 0.2) is 0 Å². The molecule has 3 nitrogen and oxygen atoms in total. The van der Waals surface area contributed by atoms with Crippen molar-refractivity contribution in [1.82, 2.24) is 9.97 Å². The van der Waals surface area contributed by atoms with Crippen molar-refractivity contribution >= 4 is 5.83 Å². The number of allylic oxidation sites excluding steroid dienone is 1. The van der Waals surface area contributed by atoms with Crippen LogP contribution in [0, 0.1) is 6.92 Å². The first-order valence-electron chi connectivity index (χ1n) is 5.00. The van der Waals surface area contributed by atoms with Crippen molar-refractivity contribution in [2.24, 2.45) is 0 Å². The summed E-state index contributed by atoms with van der Waals surface area (Å²) in [6.07, 6.45) is 4.33. The fourth-order valence-corrected chi connectivity index (χ4v) is 1.24. The Bertz CT molecular complexity index is 509. The van der Waals surface area contributed by atoms with Crippen LogP contribution in [0.3, 0.4) is 0 Å². The van der Waals surface area contributed by atoms with E-state index in [1.165, 1.54) is 0 Å². The van der Waals surface area contributed by atoms with E-state index in [0.717, 1.165) is 6.08 Å². The highest BCUT2D eigenvalue weighted by Crippen LogP contribution is 2.21. The van der Waals surface area contributed by atoms with E-state index in [0.29, 0.717) is 11.3 Å². The molecule has 0 amide bonds. The van der Waals surface area contributed by atoms with E-state index >= 15 is 0 Å². The first kappa shape index (κ1) is 11.3. The standard InChI is InChI=1S/C13H10FN2O/c1-2-12(14)10-4-6-11(7-5-10)17-13-15-8-3-9-16-13/h2-9H,1H2/b12-2+. The molecule has 4 heteroatoms. The Morgan fingerprint density at radius 1 is 1.18 bits per heavy atom. The van der Waals surface area contributed by atoms with Gasteiger partial charge in [0.25, 0.3) is 0 Å². The quantitative estimate of drug-likeness (QED) is 0.808. The molecule has 2 aromatic rings. The van der Waals surface area contributed by atoms with Crippen LogP contribution < -0.4 is 4.74 Å². The van der Waals surface area contributed by atoms with Crippen LogP contribution in [0.15, 0.2) is 48.8 Å². The predicted octanol–water partition coefficient (Wildman–Crippen LogP) is 3.41. The maximum atomic E-state index is 13.2. The molecule has 1 aromatic carbocycles. The Hall–Kier alpha value is -2.23. The van der Waals surface area contributed by atoms with Gasteiger partial charge in [-0.1, -0.05) is 0 Å². The van der Waals surface area contributed by atoms with Crippen molar-refractivity contribution in [3.63, 3.8) is 0 Å². The van der Waals surface area contributed by atoms with Gasteiger partial charge in [0.05, 0.1) is 0 Å². The Morgan fingerprint density at radius 3 is 2.41 bits per heavy atom. The number of rotatable bonds is 3. The van der Waals surface area contributed by atoms with Crippen LogP contribution in [-0.2, 0) is 0 Å². The summed E-state index contributed by atoms with van der Waals surface area (Å²) in [6.45, 7) is 3.36. The molecule has 0 N–H and O–H groups in total. The number of halogens is 1. The van der Waals surface area contributed by atoms with Crippen LogP contribution in [0.25, 0.3) is 5.83 Å². The van der Waals surface area contributed by atoms with Crippen molar-refractivity contribution in [3.05, 3.63) is 61.3 Å². The van der Waals surface area contributed by atoms with Crippen LogP contribution >= 0.6 is 0 Å². The Balaban J connectivity index is 2.14. The molecule has 0 atom stereocenters. The molecule has 17 heavy (non-hydrogen) atoms. The maximum Gasteiger partial charge on any atom is 0.321 e. The summed E-state index contributed by atoms with van der Waals surface area (Å²) < 4.78 is 18.5. The van der Waals surface area contributed by atoms with Crippen LogP contribution in [0.1, 0.15) is 5.56 Å². The zero-order chi connectivity index (χ0) is 12.1. The van der Waals surface area contributed by atoms with E-state index in [1.807, 2.05) is 0 Å². The monoisotopic (exact) mass is 229 g/mol. The number of aromatic nitrogens is 2. The summed E-state index contributed by atoms with van der Waals surface area (Å²) in [5.41, 5.74) is 0.460. The molecule has 2 rings (SSSR count). The minimum absolute atomic E-state index is 0.258. The summed E-state index contributed by atoms with van der Waals surface area (Å²) in [4.78, 5) is 7.84. The average Bonchev–Trinajstić information content (AvgIpc) is 2.40. The van der Waals surface area contributed by atoms with Gasteiger partial charge in [-0.15, -0.1) is 0 Å². The largest absolute Gasteiger partial charge is 0.424 e. The minimum atomic E-state index is -0.368. The smallest absolute Gasteiger partial charge is 0.321 e. The SMILES string of the molecule is [CH2]/C=C(/F)c1ccc(Oc2ncccn2)cc1. The summed E-state index contributed by atoms with van der Waals surface area (Å²) in [5, 5.41) is 0. The van der Waals surface area contributed by atoms with E-state index in [9.17, 15) is 4.39 Å². The lowest BCUT2D eigenvalue weighted by Gasteiger charge is -2.03. The van der Waals surface area contributed by atoms with Crippen LogP contribution in [0.5, 0.6) is 11.8 Å². The summed E-state index contributed by atoms with van der Waals surface area (Å²) in [5.74, 6) is 0.185. The van der Waals surface area contributed by atoms with Gasteiger partial charge >= 0.3 is 6.01 Å². The van der Waals surface area contributed by atoms with Crippen LogP contribution in [-0.4, -0.2) is 9.97 Å². The maximum absolute atomic E-state index is 13.2. The summed E-state index contributed by atoms with van der Waals surface area (Å²) in [6, 6.07) is 8.46.